The zero-order chi connectivity index (χ0) is 43.9. The van der Waals surface area contributed by atoms with Crippen LogP contribution in [0, 0.1) is 11.3 Å². The molecule has 4 saturated heterocycles. The van der Waals surface area contributed by atoms with Crippen LogP contribution in [0.25, 0.3) is 16.7 Å². The molecule has 17 nitrogen and oxygen atoms in total. The number of carbonyl (C=O) groups excluding carboxylic acids is 3. The molecule has 4 aromatic heterocycles. The summed E-state index contributed by atoms with van der Waals surface area (Å²) in [5, 5.41) is 13.4. The molecule has 5 aromatic rings. The molecule has 21 heteroatoms. The van der Waals surface area contributed by atoms with Gasteiger partial charge in [-0.2, -0.15) is 10.2 Å². The minimum Gasteiger partial charge on any atom is -0.380 e. The summed E-state index contributed by atoms with van der Waals surface area (Å²) >= 11 is 0. The van der Waals surface area contributed by atoms with Crippen molar-refractivity contribution in [3.63, 3.8) is 0 Å². The number of benzene rings is 1. The summed E-state index contributed by atoms with van der Waals surface area (Å²) in [6, 6.07) is 4.76. The number of halogens is 4. The topological polar surface area (TPSA) is 169 Å². The van der Waals surface area contributed by atoms with E-state index in [1.54, 1.807) is 48.3 Å². The first kappa shape index (κ1) is 41.2. The number of hydrogen-bond acceptors (Lipinski definition) is 11. The van der Waals surface area contributed by atoms with E-state index in [4.69, 9.17) is 4.74 Å². The third-order valence-electron chi connectivity index (χ3n) is 13.8. The molecular formula is C42H48F4N12O5. The van der Waals surface area contributed by atoms with Crippen molar-refractivity contribution >= 4 is 51.6 Å². The molecule has 4 aliphatic heterocycles. The number of ether oxygens (including phenoxy) is 1. The van der Waals surface area contributed by atoms with E-state index in [0.717, 1.165) is 13.1 Å². The first-order chi connectivity index (χ1) is 30.2. The van der Waals surface area contributed by atoms with E-state index < -0.39 is 60.1 Å². The predicted octanol–water partition coefficient (Wildman–Crippen LogP) is 4.16. The van der Waals surface area contributed by atoms with Crippen molar-refractivity contribution in [1.82, 2.24) is 43.7 Å². The second-order valence-corrected chi connectivity index (χ2v) is 18.0. The molecule has 2 unspecified atom stereocenters. The average molecular weight is 877 g/mol. The molecular weight excluding hydrogens is 829 g/mol. The third-order valence-corrected chi connectivity index (χ3v) is 13.8. The zero-order valence-electron chi connectivity index (χ0n) is 34.9. The van der Waals surface area contributed by atoms with Gasteiger partial charge in [0.2, 0.25) is 11.8 Å². The number of rotatable bonds is 10. The summed E-state index contributed by atoms with van der Waals surface area (Å²) < 4.78 is 72.0. The second kappa shape index (κ2) is 15.5. The Kier molecular flexibility index (Phi) is 10.1. The molecule has 1 aliphatic carbocycles. The van der Waals surface area contributed by atoms with Crippen LogP contribution in [0.3, 0.4) is 0 Å². The van der Waals surface area contributed by atoms with Gasteiger partial charge in [0.25, 0.3) is 18.3 Å². The van der Waals surface area contributed by atoms with Crippen LogP contribution in [-0.2, 0) is 21.4 Å². The van der Waals surface area contributed by atoms with Crippen molar-refractivity contribution in [3.05, 3.63) is 64.6 Å². The molecule has 3 amide bonds. The number of alkyl halides is 4. The Morgan fingerprint density at radius 1 is 1.03 bits per heavy atom. The van der Waals surface area contributed by atoms with Crippen LogP contribution in [0.15, 0.2) is 47.7 Å². The van der Waals surface area contributed by atoms with Crippen molar-refractivity contribution in [2.24, 2.45) is 18.4 Å². The molecule has 2 atom stereocenters. The van der Waals surface area contributed by atoms with Gasteiger partial charge in [0.15, 0.2) is 11.3 Å². The predicted molar refractivity (Wildman–Crippen MR) is 221 cm³/mol. The van der Waals surface area contributed by atoms with Crippen molar-refractivity contribution < 1.29 is 36.7 Å². The first-order valence-corrected chi connectivity index (χ1v) is 21.4. The molecule has 0 bridgehead atoms. The number of aryl methyl sites for hydroxylation is 1. The molecule has 1 spiro atoms. The molecule has 0 radical (unpaired) electrons. The molecule has 2 N–H and O–H groups in total. The smallest absolute Gasteiger partial charge is 0.329 e. The van der Waals surface area contributed by atoms with E-state index >= 15 is 8.78 Å². The average Bonchev–Trinajstić information content (AvgIpc) is 3.91. The number of aromatic nitrogens is 7. The first-order valence-electron chi connectivity index (χ1n) is 21.4. The molecule has 8 heterocycles. The van der Waals surface area contributed by atoms with Crippen molar-refractivity contribution in [2.45, 2.75) is 75.4 Å². The third kappa shape index (κ3) is 7.21. The van der Waals surface area contributed by atoms with Gasteiger partial charge < -0.3 is 19.9 Å². The Morgan fingerprint density at radius 3 is 2.51 bits per heavy atom. The number of imide groups is 1. The van der Waals surface area contributed by atoms with Crippen molar-refractivity contribution in [2.75, 3.05) is 68.1 Å². The molecule has 10 rings (SSSR count). The van der Waals surface area contributed by atoms with E-state index in [1.807, 2.05) is 6.07 Å². The van der Waals surface area contributed by atoms with Gasteiger partial charge in [-0.25, -0.2) is 31.9 Å². The lowest BCUT2D eigenvalue weighted by Crippen LogP contribution is -2.66. The number of imidazole rings is 1. The minimum absolute atomic E-state index is 0.0878. The van der Waals surface area contributed by atoms with E-state index in [-0.39, 0.29) is 47.9 Å². The SMILES string of the molecule is CN(C[C@H]1CC[C@H](n2cc(NC(=O)c3cnn4ccc(N5CC6(COC6)C5)nc34)c(C(F)F)n2)CC1)C1CCN(c2cccc3c2n(C)c(=O)n3C2CCC(=O)NC2=O)CC1(F)F. The van der Waals surface area contributed by atoms with Gasteiger partial charge in [-0.15, -0.1) is 0 Å². The normalized spacial score (nSPS) is 24.6. The maximum Gasteiger partial charge on any atom is 0.329 e. The summed E-state index contributed by atoms with van der Waals surface area (Å²) in [4.78, 5) is 61.6. The van der Waals surface area contributed by atoms with Gasteiger partial charge >= 0.3 is 5.69 Å². The molecule has 1 saturated carbocycles. The van der Waals surface area contributed by atoms with Crippen LogP contribution >= 0.6 is 0 Å². The summed E-state index contributed by atoms with van der Waals surface area (Å²) in [7, 11) is 3.27. The van der Waals surface area contributed by atoms with Gasteiger partial charge in [0.05, 0.1) is 65.9 Å². The highest BCUT2D eigenvalue weighted by molar-refractivity contribution is 6.08. The van der Waals surface area contributed by atoms with Crippen LogP contribution in [-0.4, -0.2) is 121 Å². The Labute approximate surface area is 357 Å². The van der Waals surface area contributed by atoms with E-state index in [2.05, 4.69) is 30.7 Å². The summed E-state index contributed by atoms with van der Waals surface area (Å²) in [5.41, 5.74) is 0.844. The fraction of sp³-hybridized carbons (Fsp3) is 0.548. The summed E-state index contributed by atoms with van der Waals surface area (Å²) in [6.07, 6.45) is 4.52. The standard InChI is InChI=1S/C42H48F4N12O5/c1-52(31-12-14-54(21-42(31,45)46)28-4-3-5-29-35(28)53(2)40(62)58(29)30-10-11-33(59)50-39(30)61)17-24-6-8-25(9-7-24)57-18-27(34(51-57)36(43)44)48-38(60)26-16-47-56-15-13-32(49-37(26)56)55-19-41(20-55)22-63-23-41/h3-5,13,15-16,18,24-25,30-31,36H,6-12,14,17,19-23H2,1-2H3,(H,48,60)(H,50,59,61)/t24-,25-,30?,31?. The van der Waals surface area contributed by atoms with Crippen molar-refractivity contribution in [3.8, 4) is 0 Å². The summed E-state index contributed by atoms with van der Waals surface area (Å²) in [6.45, 7) is 3.20. The van der Waals surface area contributed by atoms with Gasteiger partial charge in [-0.3, -0.25) is 38.4 Å². The van der Waals surface area contributed by atoms with E-state index in [9.17, 15) is 28.0 Å². The number of piperidine rings is 2. The van der Waals surface area contributed by atoms with Crippen LogP contribution in [0.5, 0.6) is 0 Å². The molecule has 63 heavy (non-hydrogen) atoms. The van der Waals surface area contributed by atoms with Gasteiger partial charge in [0, 0.05) is 52.0 Å². The number of hydrogen-bond donors (Lipinski definition) is 2. The lowest BCUT2D eigenvalue weighted by atomic mass is 9.78. The highest BCUT2D eigenvalue weighted by Crippen LogP contribution is 2.41. The molecule has 5 aliphatic rings. The minimum atomic E-state index is -3.11. The van der Waals surface area contributed by atoms with E-state index in [0.29, 0.717) is 80.2 Å². The number of para-hydroxylation sites is 1. The number of amides is 3. The fourth-order valence-corrected chi connectivity index (χ4v) is 10.4. The number of carbonyl (C=O) groups is 3. The van der Waals surface area contributed by atoms with Gasteiger partial charge in [0.1, 0.15) is 17.4 Å². The lowest BCUT2D eigenvalue weighted by Gasteiger charge is -2.55. The van der Waals surface area contributed by atoms with E-state index in [1.165, 1.54) is 30.7 Å². The Hall–Kier alpha value is -5.83. The summed E-state index contributed by atoms with van der Waals surface area (Å²) in [5.74, 6) is -3.93. The monoisotopic (exact) mass is 876 g/mol. The highest BCUT2D eigenvalue weighted by Gasteiger charge is 2.50. The second-order valence-electron chi connectivity index (χ2n) is 18.0. The number of fused-ring (bicyclic) bond motifs is 2. The largest absolute Gasteiger partial charge is 0.380 e. The molecule has 1 aromatic carbocycles. The number of nitrogens with one attached hydrogen (secondary N) is 2. The molecule has 5 fully saturated rings. The van der Waals surface area contributed by atoms with Gasteiger partial charge in [-0.05, 0) is 69.7 Å². The Balaban J connectivity index is 0.767. The number of anilines is 3. The maximum absolute atomic E-state index is 16.2. The van der Waals surface area contributed by atoms with Gasteiger partial charge in [-0.1, -0.05) is 6.07 Å². The maximum atomic E-state index is 16.2. The quantitative estimate of drug-likeness (QED) is 0.153. The Morgan fingerprint density at radius 2 is 1.81 bits per heavy atom. The Bertz CT molecular complexity index is 2670. The van der Waals surface area contributed by atoms with Crippen LogP contribution < -0.4 is 26.1 Å². The van der Waals surface area contributed by atoms with Crippen molar-refractivity contribution in [1.29, 1.82) is 0 Å². The van der Waals surface area contributed by atoms with Crippen LogP contribution in [0.1, 0.15) is 79.5 Å². The van der Waals surface area contributed by atoms with Crippen LogP contribution in [0.2, 0.25) is 0 Å². The molecule has 334 valence electrons. The van der Waals surface area contributed by atoms with Crippen LogP contribution in [0.4, 0.5) is 34.8 Å². The number of nitrogens with zero attached hydrogens (tertiary/aromatic N) is 10. The zero-order valence-corrected chi connectivity index (χ0v) is 34.9. The highest BCUT2D eigenvalue weighted by atomic mass is 19.3. The lowest BCUT2D eigenvalue weighted by molar-refractivity contribution is -0.135. The fourth-order valence-electron chi connectivity index (χ4n) is 10.4.